The van der Waals surface area contributed by atoms with Crippen LogP contribution in [0.15, 0.2) is 102 Å². The molecular weight excluding hydrogens is 313 g/mol. The second kappa shape index (κ2) is 7.72. The fraction of sp³-hybridized carbons (Fsp3) is 0. The van der Waals surface area contributed by atoms with Crippen LogP contribution < -0.4 is 10.6 Å². The lowest BCUT2D eigenvalue weighted by molar-refractivity contribution is 0.588. The normalized spacial score (nSPS) is 12.0. The van der Waals surface area contributed by atoms with Gasteiger partial charge in [-0.3, -0.25) is 4.57 Å². The summed E-state index contributed by atoms with van der Waals surface area (Å²) in [5.41, 5.74) is 1.08. The molecule has 3 rings (SSSR count). The molecule has 3 aromatic rings. The van der Waals surface area contributed by atoms with Crippen molar-refractivity contribution in [2.45, 2.75) is 0 Å². The van der Waals surface area contributed by atoms with Crippen LogP contribution in [0.2, 0.25) is 0 Å². The molecule has 0 unspecified atom stereocenters. The minimum Gasteiger partial charge on any atom is -0.288 e. The summed E-state index contributed by atoms with van der Waals surface area (Å²) >= 11 is 0. The van der Waals surface area contributed by atoms with Crippen molar-refractivity contribution >= 4 is 30.2 Å². The number of benzene rings is 3. The lowest BCUT2D eigenvalue weighted by Crippen LogP contribution is -2.14. The molecular formula is C21H18NOP. The van der Waals surface area contributed by atoms with E-state index in [2.05, 4.69) is 4.76 Å². The average Bonchev–Trinajstić information content (AvgIpc) is 2.67. The Morgan fingerprint density at radius 2 is 1.12 bits per heavy atom. The Labute approximate surface area is 142 Å². The topological polar surface area (TPSA) is 29.4 Å². The average molecular weight is 331 g/mol. The Kier molecular flexibility index (Phi) is 5.20. The van der Waals surface area contributed by atoms with Crippen LogP contribution in [0, 0.1) is 0 Å². The fourth-order valence-electron chi connectivity index (χ4n) is 2.39. The van der Waals surface area contributed by atoms with E-state index in [1.165, 1.54) is 0 Å². The summed E-state index contributed by atoms with van der Waals surface area (Å²) in [6.45, 7) is 0. The first-order valence-electron chi connectivity index (χ1n) is 7.78. The molecule has 3 aromatic carbocycles. The van der Waals surface area contributed by atoms with E-state index < -0.39 is 7.29 Å². The SMILES string of the molecule is O=P(/N=C/C=C/c1ccccc1)(c1ccccc1)c1ccccc1. The van der Waals surface area contributed by atoms with Crippen molar-refractivity contribution in [1.29, 1.82) is 0 Å². The highest BCUT2D eigenvalue weighted by molar-refractivity contribution is 7.77. The molecule has 0 heterocycles. The van der Waals surface area contributed by atoms with Crippen molar-refractivity contribution in [2.24, 2.45) is 4.76 Å². The summed E-state index contributed by atoms with van der Waals surface area (Å²) in [4.78, 5) is 0. The van der Waals surface area contributed by atoms with Crippen LogP contribution in [0.25, 0.3) is 6.08 Å². The molecule has 24 heavy (non-hydrogen) atoms. The third kappa shape index (κ3) is 3.79. The smallest absolute Gasteiger partial charge is 0.247 e. The Morgan fingerprint density at radius 3 is 1.62 bits per heavy atom. The van der Waals surface area contributed by atoms with Gasteiger partial charge in [0.05, 0.1) is 0 Å². The number of rotatable bonds is 5. The lowest BCUT2D eigenvalue weighted by Gasteiger charge is -2.13. The molecule has 0 fully saturated rings. The van der Waals surface area contributed by atoms with Gasteiger partial charge in [0.15, 0.2) is 0 Å². The Morgan fingerprint density at radius 1 is 0.667 bits per heavy atom. The monoisotopic (exact) mass is 331 g/mol. The second-order valence-electron chi connectivity index (χ2n) is 5.28. The van der Waals surface area contributed by atoms with E-state index in [0.717, 1.165) is 16.2 Å². The summed E-state index contributed by atoms with van der Waals surface area (Å²) in [6, 6.07) is 28.8. The number of hydrogen-bond donors (Lipinski definition) is 0. The van der Waals surface area contributed by atoms with Crippen molar-refractivity contribution in [2.75, 3.05) is 0 Å². The van der Waals surface area contributed by atoms with E-state index in [0.29, 0.717) is 0 Å². The molecule has 0 saturated heterocycles. The summed E-state index contributed by atoms with van der Waals surface area (Å²) in [5.74, 6) is 0. The Bertz CT molecular complexity index is 828. The van der Waals surface area contributed by atoms with Gasteiger partial charge >= 0.3 is 0 Å². The molecule has 0 N–H and O–H groups in total. The van der Waals surface area contributed by atoms with Crippen molar-refractivity contribution in [3.8, 4) is 0 Å². The van der Waals surface area contributed by atoms with E-state index in [1.807, 2.05) is 103 Å². The number of hydrogen-bond acceptors (Lipinski definition) is 1. The van der Waals surface area contributed by atoms with Crippen LogP contribution in [-0.2, 0) is 4.57 Å². The van der Waals surface area contributed by atoms with Gasteiger partial charge in [0.25, 0.3) is 0 Å². The van der Waals surface area contributed by atoms with Crippen molar-refractivity contribution in [1.82, 2.24) is 0 Å². The molecule has 0 aliphatic rings. The van der Waals surface area contributed by atoms with E-state index in [-0.39, 0.29) is 0 Å². The molecule has 0 atom stereocenters. The van der Waals surface area contributed by atoms with Crippen LogP contribution >= 0.6 is 7.29 Å². The minimum atomic E-state index is -3.03. The summed E-state index contributed by atoms with van der Waals surface area (Å²) < 4.78 is 18.1. The third-order valence-corrected chi connectivity index (χ3v) is 6.07. The van der Waals surface area contributed by atoms with Gasteiger partial charge in [-0.25, -0.2) is 4.76 Å². The lowest BCUT2D eigenvalue weighted by atomic mass is 10.2. The van der Waals surface area contributed by atoms with E-state index in [1.54, 1.807) is 6.21 Å². The van der Waals surface area contributed by atoms with Crippen molar-refractivity contribution in [3.63, 3.8) is 0 Å². The zero-order valence-corrected chi connectivity index (χ0v) is 14.1. The van der Waals surface area contributed by atoms with E-state index >= 15 is 0 Å². The van der Waals surface area contributed by atoms with Crippen molar-refractivity contribution in [3.05, 3.63) is 103 Å². The first kappa shape index (κ1) is 16.2. The molecule has 0 spiro atoms. The van der Waals surface area contributed by atoms with Crippen LogP contribution in [0.5, 0.6) is 0 Å². The van der Waals surface area contributed by atoms with Gasteiger partial charge in [0, 0.05) is 16.8 Å². The van der Waals surface area contributed by atoms with Gasteiger partial charge < -0.3 is 0 Å². The molecule has 0 amide bonds. The van der Waals surface area contributed by atoms with Gasteiger partial charge in [-0.15, -0.1) is 0 Å². The van der Waals surface area contributed by atoms with Crippen LogP contribution in [0.3, 0.4) is 0 Å². The number of allylic oxidation sites excluding steroid dienone is 1. The Balaban J connectivity index is 1.93. The quantitative estimate of drug-likeness (QED) is 0.492. The van der Waals surface area contributed by atoms with Gasteiger partial charge in [-0.05, 0) is 35.9 Å². The Hall–Kier alpha value is -2.70. The second-order valence-corrected chi connectivity index (χ2v) is 7.70. The van der Waals surface area contributed by atoms with E-state index in [4.69, 9.17) is 0 Å². The predicted octanol–water partition coefficient (Wildman–Crippen LogP) is 4.70. The van der Waals surface area contributed by atoms with E-state index in [9.17, 15) is 4.57 Å². The standard InChI is InChI=1S/C21H18NOP/c23-24(20-14-6-2-7-15-20,21-16-8-3-9-17-21)22-18-10-13-19-11-4-1-5-12-19/h1-18H/b13-10+,22-18+. The highest BCUT2D eigenvalue weighted by Crippen LogP contribution is 2.44. The maximum atomic E-state index is 13.6. The summed E-state index contributed by atoms with van der Waals surface area (Å²) in [5, 5.41) is 1.47. The molecule has 0 radical (unpaired) electrons. The van der Waals surface area contributed by atoms with Gasteiger partial charge in [0.1, 0.15) is 0 Å². The fourth-order valence-corrected chi connectivity index (χ4v) is 4.38. The largest absolute Gasteiger partial charge is 0.288 e. The maximum Gasteiger partial charge on any atom is 0.247 e. The minimum absolute atomic E-state index is 0.737. The highest BCUT2D eigenvalue weighted by atomic mass is 31.2. The highest BCUT2D eigenvalue weighted by Gasteiger charge is 2.25. The molecule has 0 saturated carbocycles. The van der Waals surface area contributed by atoms with Crippen LogP contribution in [-0.4, -0.2) is 6.21 Å². The summed E-state index contributed by atoms with van der Waals surface area (Å²) in [6.07, 6.45) is 5.41. The van der Waals surface area contributed by atoms with Gasteiger partial charge in [-0.2, -0.15) is 0 Å². The van der Waals surface area contributed by atoms with Crippen molar-refractivity contribution < 1.29 is 4.57 Å². The van der Waals surface area contributed by atoms with Crippen LogP contribution in [0.4, 0.5) is 0 Å². The molecule has 118 valence electrons. The van der Waals surface area contributed by atoms with Gasteiger partial charge in [0.2, 0.25) is 7.29 Å². The number of nitrogens with zero attached hydrogens (tertiary/aromatic N) is 1. The first-order chi connectivity index (χ1) is 11.8. The van der Waals surface area contributed by atoms with Gasteiger partial charge in [-0.1, -0.05) is 72.8 Å². The molecule has 0 aliphatic carbocycles. The molecule has 2 nitrogen and oxygen atoms in total. The third-order valence-electron chi connectivity index (χ3n) is 3.62. The molecule has 0 aromatic heterocycles. The summed E-state index contributed by atoms with van der Waals surface area (Å²) in [7, 11) is -3.03. The molecule has 0 aliphatic heterocycles. The van der Waals surface area contributed by atoms with Crippen LogP contribution in [0.1, 0.15) is 5.56 Å². The zero-order valence-electron chi connectivity index (χ0n) is 13.2. The first-order valence-corrected chi connectivity index (χ1v) is 9.43. The molecule has 0 bridgehead atoms. The zero-order chi connectivity index (χ0) is 16.7. The maximum absolute atomic E-state index is 13.6. The molecule has 3 heteroatoms. The predicted molar refractivity (Wildman–Crippen MR) is 104 cm³/mol.